The maximum Gasteiger partial charge on any atom is 0.291 e. The van der Waals surface area contributed by atoms with Crippen LogP contribution in [0.25, 0.3) is 0 Å². The standard InChI is InChI=1S/C11H16N6O/c1-4-9-14-10(16-15-9)11(18)12-5-8-6-13-17(3)7(8)2/h6H,4-5H2,1-3H3,(H,12,18)(H,14,15,16). The number of carbonyl (C=O) groups is 1. The highest BCUT2D eigenvalue weighted by atomic mass is 16.2. The third-order valence-corrected chi connectivity index (χ3v) is 2.85. The molecule has 0 spiro atoms. The second-order valence-electron chi connectivity index (χ2n) is 4.02. The highest BCUT2D eigenvalue weighted by Gasteiger charge is 2.12. The summed E-state index contributed by atoms with van der Waals surface area (Å²) in [5.74, 6) is 0.598. The fraction of sp³-hybridized carbons (Fsp3) is 0.455. The van der Waals surface area contributed by atoms with Crippen molar-refractivity contribution in [1.82, 2.24) is 30.3 Å². The Hall–Kier alpha value is -2.18. The molecule has 0 aliphatic carbocycles. The molecule has 96 valence electrons. The molecule has 0 aliphatic heterocycles. The Morgan fingerprint density at radius 1 is 1.56 bits per heavy atom. The number of nitrogens with one attached hydrogen (secondary N) is 2. The van der Waals surface area contributed by atoms with Gasteiger partial charge in [0.25, 0.3) is 5.91 Å². The molecule has 0 saturated heterocycles. The molecule has 0 fully saturated rings. The molecule has 2 aromatic rings. The number of nitrogens with zero attached hydrogens (tertiary/aromatic N) is 4. The average Bonchev–Trinajstić information content (AvgIpc) is 2.96. The number of hydrogen-bond donors (Lipinski definition) is 2. The number of H-pyrrole nitrogens is 1. The van der Waals surface area contributed by atoms with E-state index in [0.717, 1.165) is 17.7 Å². The van der Waals surface area contributed by atoms with Crippen LogP contribution in [0, 0.1) is 6.92 Å². The molecule has 2 aromatic heterocycles. The van der Waals surface area contributed by atoms with Crippen LogP contribution in [0.4, 0.5) is 0 Å². The molecule has 1 amide bonds. The van der Waals surface area contributed by atoms with Crippen molar-refractivity contribution < 1.29 is 4.79 Å². The number of rotatable bonds is 4. The van der Waals surface area contributed by atoms with Crippen molar-refractivity contribution in [1.29, 1.82) is 0 Å². The number of aromatic nitrogens is 5. The molecule has 7 heteroatoms. The van der Waals surface area contributed by atoms with Gasteiger partial charge in [-0.15, -0.1) is 5.10 Å². The summed E-state index contributed by atoms with van der Waals surface area (Å²) in [6.45, 7) is 4.33. The van der Waals surface area contributed by atoms with E-state index in [9.17, 15) is 4.79 Å². The zero-order chi connectivity index (χ0) is 13.1. The summed E-state index contributed by atoms with van der Waals surface area (Å²) < 4.78 is 1.77. The summed E-state index contributed by atoms with van der Waals surface area (Å²) in [7, 11) is 1.86. The predicted molar refractivity (Wildman–Crippen MR) is 64.9 cm³/mol. The lowest BCUT2D eigenvalue weighted by Gasteiger charge is -2.02. The van der Waals surface area contributed by atoms with Crippen LogP contribution in [-0.4, -0.2) is 30.9 Å². The van der Waals surface area contributed by atoms with E-state index in [1.807, 2.05) is 20.9 Å². The Kier molecular flexibility index (Phi) is 3.40. The van der Waals surface area contributed by atoms with Gasteiger partial charge in [0.2, 0.25) is 5.82 Å². The summed E-state index contributed by atoms with van der Waals surface area (Å²) in [5, 5.41) is 13.5. The fourth-order valence-corrected chi connectivity index (χ4v) is 1.53. The summed E-state index contributed by atoms with van der Waals surface area (Å²) in [4.78, 5) is 15.9. The van der Waals surface area contributed by atoms with Gasteiger partial charge in [-0.3, -0.25) is 14.6 Å². The second-order valence-corrected chi connectivity index (χ2v) is 4.02. The van der Waals surface area contributed by atoms with E-state index >= 15 is 0 Å². The first kappa shape index (κ1) is 12.3. The Labute approximate surface area is 105 Å². The van der Waals surface area contributed by atoms with Crippen molar-refractivity contribution >= 4 is 5.91 Å². The van der Waals surface area contributed by atoms with Crippen molar-refractivity contribution in [3.05, 3.63) is 29.1 Å². The molecule has 2 rings (SSSR count). The lowest BCUT2D eigenvalue weighted by Crippen LogP contribution is -2.24. The van der Waals surface area contributed by atoms with Gasteiger partial charge in [0.1, 0.15) is 5.82 Å². The smallest absolute Gasteiger partial charge is 0.291 e. The highest BCUT2D eigenvalue weighted by Crippen LogP contribution is 2.05. The number of aromatic amines is 1. The van der Waals surface area contributed by atoms with Gasteiger partial charge in [-0.1, -0.05) is 6.92 Å². The molecular weight excluding hydrogens is 232 g/mol. The highest BCUT2D eigenvalue weighted by molar-refractivity contribution is 5.90. The van der Waals surface area contributed by atoms with E-state index in [-0.39, 0.29) is 11.7 Å². The topological polar surface area (TPSA) is 88.5 Å². The van der Waals surface area contributed by atoms with Gasteiger partial charge in [-0.05, 0) is 6.92 Å². The molecule has 0 atom stereocenters. The van der Waals surface area contributed by atoms with E-state index in [1.54, 1.807) is 10.9 Å². The van der Waals surface area contributed by atoms with Crippen molar-refractivity contribution in [3.63, 3.8) is 0 Å². The van der Waals surface area contributed by atoms with E-state index < -0.39 is 0 Å². The van der Waals surface area contributed by atoms with Crippen LogP contribution >= 0.6 is 0 Å². The molecule has 0 bridgehead atoms. The number of carbonyl (C=O) groups excluding carboxylic acids is 1. The lowest BCUT2D eigenvalue weighted by atomic mass is 10.2. The van der Waals surface area contributed by atoms with Crippen molar-refractivity contribution in [3.8, 4) is 0 Å². The molecule has 0 aromatic carbocycles. The van der Waals surface area contributed by atoms with Crippen molar-refractivity contribution in [2.45, 2.75) is 26.8 Å². The summed E-state index contributed by atoms with van der Waals surface area (Å²) in [5.41, 5.74) is 2.01. The van der Waals surface area contributed by atoms with Gasteiger partial charge in [-0.25, -0.2) is 4.98 Å². The first-order chi connectivity index (χ1) is 8.61. The van der Waals surface area contributed by atoms with E-state index in [4.69, 9.17) is 0 Å². The van der Waals surface area contributed by atoms with Crippen LogP contribution in [-0.2, 0) is 20.0 Å². The maximum atomic E-state index is 11.8. The first-order valence-electron chi connectivity index (χ1n) is 5.78. The molecule has 18 heavy (non-hydrogen) atoms. The van der Waals surface area contributed by atoms with E-state index in [2.05, 4.69) is 25.6 Å². The molecule has 0 unspecified atom stereocenters. The minimum absolute atomic E-state index is 0.174. The van der Waals surface area contributed by atoms with Crippen LogP contribution in [0.2, 0.25) is 0 Å². The Morgan fingerprint density at radius 2 is 2.33 bits per heavy atom. The van der Waals surface area contributed by atoms with Gasteiger partial charge in [-0.2, -0.15) is 5.10 Å². The van der Waals surface area contributed by atoms with Crippen LogP contribution in [0.1, 0.15) is 34.6 Å². The molecular formula is C11H16N6O. The van der Waals surface area contributed by atoms with Gasteiger partial charge in [0.15, 0.2) is 0 Å². The van der Waals surface area contributed by atoms with Gasteiger partial charge < -0.3 is 5.32 Å². The molecule has 2 heterocycles. The molecule has 0 aliphatic rings. The SMILES string of the molecule is CCc1nc(C(=O)NCc2cnn(C)c2C)n[nH]1. The quantitative estimate of drug-likeness (QED) is 0.816. The Bertz CT molecular complexity index is 556. The zero-order valence-electron chi connectivity index (χ0n) is 10.7. The minimum atomic E-state index is -0.283. The maximum absolute atomic E-state index is 11.8. The third-order valence-electron chi connectivity index (χ3n) is 2.85. The third kappa shape index (κ3) is 2.39. The number of aryl methyl sites for hydroxylation is 2. The van der Waals surface area contributed by atoms with Crippen molar-refractivity contribution in [2.75, 3.05) is 0 Å². The molecule has 7 nitrogen and oxygen atoms in total. The minimum Gasteiger partial charge on any atom is -0.345 e. The summed E-state index contributed by atoms with van der Waals surface area (Å²) in [6.07, 6.45) is 2.47. The van der Waals surface area contributed by atoms with Crippen LogP contribution in [0.3, 0.4) is 0 Å². The van der Waals surface area contributed by atoms with Crippen LogP contribution in [0.15, 0.2) is 6.20 Å². The largest absolute Gasteiger partial charge is 0.345 e. The first-order valence-corrected chi connectivity index (χ1v) is 5.78. The van der Waals surface area contributed by atoms with Gasteiger partial charge in [0.05, 0.1) is 6.20 Å². The number of amides is 1. The predicted octanol–water partition coefficient (Wildman–Crippen LogP) is 0.339. The van der Waals surface area contributed by atoms with E-state index in [1.165, 1.54) is 0 Å². The zero-order valence-corrected chi connectivity index (χ0v) is 10.7. The second kappa shape index (κ2) is 4.99. The molecule has 0 saturated carbocycles. The molecule has 2 N–H and O–H groups in total. The monoisotopic (exact) mass is 248 g/mol. The molecule has 0 radical (unpaired) electrons. The average molecular weight is 248 g/mol. The fourth-order valence-electron chi connectivity index (χ4n) is 1.53. The van der Waals surface area contributed by atoms with E-state index in [0.29, 0.717) is 12.4 Å². The lowest BCUT2D eigenvalue weighted by molar-refractivity contribution is 0.0941. The summed E-state index contributed by atoms with van der Waals surface area (Å²) in [6, 6.07) is 0. The normalized spacial score (nSPS) is 10.6. The Morgan fingerprint density at radius 3 is 2.89 bits per heavy atom. The number of hydrogen-bond acceptors (Lipinski definition) is 4. The Balaban J connectivity index is 1.98. The van der Waals surface area contributed by atoms with Crippen molar-refractivity contribution in [2.24, 2.45) is 7.05 Å². The van der Waals surface area contributed by atoms with Gasteiger partial charge in [0, 0.05) is 31.3 Å². The van der Waals surface area contributed by atoms with Crippen LogP contribution in [0.5, 0.6) is 0 Å². The van der Waals surface area contributed by atoms with Crippen LogP contribution < -0.4 is 5.32 Å². The van der Waals surface area contributed by atoms with Gasteiger partial charge >= 0.3 is 0 Å². The summed E-state index contributed by atoms with van der Waals surface area (Å²) >= 11 is 0.